The Kier molecular flexibility index (Phi) is 3.24. The van der Waals surface area contributed by atoms with Crippen LogP contribution in [0.2, 0.25) is 5.02 Å². The number of phenols is 1. The van der Waals surface area contributed by atoms with Crippen molar-refractivity contribution in [2.75, 3.05) is 5.32 Å². The average Bonchev–Trinajstić information content (AvgIpc) is 2.42. The second kappa shape index (κ2) is 5.06. The van der Waals surface area contributed by atoms with E-state index in [2.05, 4.69) is 5.32 Å². The third-order valence-electron chi connectivity index (χ3n) is 3.15. The van der Waals surface area contributed by atoms with Crippen LogP contribution in [0.4, 0.5) is 5.69 Å². The number of ether oxygens (including phenoxy) is 1. The number of hydrogen-bond donors (Lipinski definition) is 2. The highest BCUT2D eigenvalue weighted by Crippen LogP contribution is 2.33. The van der Waals surface area contributed by atoms with Crippen molar-refractivity contribution in [3.8, 4) is 11.5 Å². The molecule has 102 valence electrons. The zero-order valence-electron chi connectivity index (χ0n) is 10.5. The van der Waals surface area contributed by atoms with Crippen molar-refractivity contribution < 1.29 is 14.6 Å². The van der Waals surface area contributed by atoms with E-state index < -0.39 is 6.10 Å². The molecule has 20 heavy (non-hydrogen) atoms. The minimum absolute atomic E-state index is 0.0939. The maximum atomic E-state index is 12.0. The molecule has 0 fully saturated rings. The Balaban J connectivity index is 1.85. The molecule has 0 saturated carbocycles. The van der Waals surface area contributed by atoms with E-state index in [1.54, 1.807) is 12.1 Å². The maximum absolute atomic E-state index is 12.0. The topological polar surface area (TPSA) is 58.6 Å². The lowest BCUT2D eigenvalue weighted by molar-refractivity contribution is -0.123. The Morgan fingerprint density at radius 3 is 2.85 bits per heavy atom. The van der Waals surface area contributed by atoms with E-state index in [1.165, 1.54) is 12.1 Å². The van der Waals surface area contributed by atoms with E-state index in [9.17, 15) is 9.90 Å². The first kappa shape index (κ1) is 12.8. The molecule has 4 nitrogen and oxygen atoms in total. The van der Waals surface area contributed by atoms with E-state index in [1.807, 2.05) is 18.2 Å². The summed E-state index contributed by atoms with van der Waals surface area (Å²) in [6, 6.07) is 11.9. The van der Waals surface area contributed by atoms with Gasteiger partial charge in [0.15, 0.2) is 6.10 Å². The molecule has 5 heteroatoms. The summed E-state index contributed by atoms with van der Waals surface area (Å²) in [4.78, 5) is 12.0. The summed E-state index contributed by atoms with van der Waals surface area (Å²) in [6.45, 7) is 0. The molecule has 0 radical (unpaired) electrons. The molecular weight excluding hydrogens is 278 g/mol. The van der Waals surface area contributed by atoms with Crippen molar-refractivity contribution in [2.24, 2.45) is 0 Å². The summed E-state index contributed by atoms with van der Waals surface area (Å²) in [5.41, 5.74) is 1.40. The largest absolute Gasteiger partial charge is 0.508 e. The van der Waals surface area contributed by atoms with Gasteiger partial charge in [-0.3, -0.25) is 4.79 Å². The van der Waals surface area contributed by atoms with Gasteiger partial charge in [-0.2, -0.15) is 0 Å². The van der Waals surface area contributed by atoms with Gasteiger partial charge in [-0.05, 0) is 23.8 Å². The molecule has 2 aromatic carbocycles. The molecule has 2 N–H and O–H groups in total. The lowest BCUT2D eigenvalue weighted by Gasteiger charge is -2.26. The quantitative estimate of drug-likeness (QED) is 0.836. The fourth-order valence-corrected chi connectivity index (χ4v) is 2.34. The molecule has 1 atom stereocenters. The van der Waals surface area contributed by atoms with E-state index in [0.717, 1.165) is 5.56 Å². The number of phenolic OH excluding ortho intramolecular Hbond substituents is 1. The van der Waals surface area contributed by atoms with Crippen molar-refractivity contribution in [1.29, 1.82) is 0 Å². The van der Waals surface area contributed by atoms with Gasteiger partial charge in [0.1, 0.15) is 11.5 Å². The number of anilines is 1. The Hall–Kier alpha value is -2.20. The number of aromatic hydroxyl groups is 1. The van der Waals surface area contributed by atoms with Crippen LogP contribution in [0.15, 0.2) is 42.5 Å². The van der Waals surface area contributed by atoms with Gasteiger partial charge in [0.2, 0.25) is 0 Å². The van der Waals surface area contributed by atoms with E-state index in [0.29, 0.717) is 22.9 Å². The minimum atomic E-state index is -0.663. The van der Waals surface area contributed by atoms with Gasteiger partial charge < -0.3 is 15.2 Å². The summed E-state index contributed by atoms with van der Waals surface area (Å²) in [5, 5.41) is 12.8. The molecule has 1 aliphatic rings. The highest BCUT2D eigenvalue weighted by atomic mass is 35.5. The normalized spacial score (nSPS) is 17.1. The van der Waals surface area contributed by atoms with Crippen LogP contribution in [-0.2, 0) is 11.2 Å². The fourth-order valence-electron chi connectivity index (χ4n) is 2.13. The van der Waals surface area contributed by atoms with Crippen molar-refractivity contribution in [3.05, 3.63) is 53.1 Å². The lowest BCUT2D eigenvalue weighted by Crippen LogP contribution is -2.38. The van der Waals surface area contributed by atoms with Gasteiger partial charge in [0, 0.05) is 17.5 Å². The molecule has 1 heterocycles. The second-order valence-corrected chi connectivity index (χ2v) is 4.98. The average molecular weight is 290 g/mol. The van der Waals surface area contributed by atoms with Crippen LogP contribution in [-0.4, -0.2) is 17.1 Å². The molecule has 0 unspecified atom stereocenters. The Morgan fingerprint density at radius 2 is 2.05 bits per heavy atom. The van der Waals surface area contributed by atoms with Gasteiger partial charge in [0.05, 0.1) is 5.69 Å². The van der Waals surface area contributed by atoms with Crippen LogP contribution in [0, 0.1) is 0 Å². The Morgan fingerprint density at radius 1 is 1.25 bits per heavy atom. The van der Waals surface area contributed by atoms with Crippen molar-refractivity contribution in [1.82, 2.24) is 0 Å². The van der Waals surface area contributed by atoms with Crippen LogP contribution in [0.5, 0.6) is 11.5 Å². The first-order valence-corrected chi connectivity index (χ1v) is 6.55. The summed E-state index contributed by atoms with van der Waals surface area (Å²) in [5.74, 6) is 0.334. The van der Waals surface area contributed by atoms with Gasteiger partial charge in [-0.25, -0.2) is 0 Å². The molecule has 0 aliphatic carbocycles. The number of fused-ring (bicyclic) bond motifs is 1. The van der Waals surface area contributed by atoms with Crippen molar-refractivity contribution >= 4 is 23.2 Å². The Bertz CT molecular complexity index is 672. The number of nitrogens with one attached hydrogen (secondary N) is 1. The van der Waals surface area contributed by atoms with Gasteiger partial charge in [-0.15, -0.1) is 0 Å². The van der Waals surface area contributed by atoms with Gasteiger partial charge >= 0.3 is 0 Å². The predicted octanol–water partition coefficient (Wildman–Crippen LogP) is 2.99. The standard InChI is InChI=1S/C15H12ClNO3/c16-11-4-2-1-3-9(11)7-14-15(19)17-12-6-5-10(18)8-13(12)20-14/h1-6,8,14,18H,7H2,(H,17,19)/t14-/m1/s1. The molecule has 0 saturated heterocycles. The summed E-state index contributed by atoms with van der Waals surface area (Å²) in [6.07, 6.45) is -0.287. The predicted molar refractivity (Wildman–Crippen MR) is 76.3 cm³/mol. The number of benzene rings is 2. The number of halogens is 1. The SMILES string of the molecule is O=C1Nc2ccc(O)cc2O[C@@H]1Cc1ccccc1Cl. The minimum Gasteiger partial charge on any atom is -0.508 e. The molecule has 1 amide bonds. The molecule has 2 aromatic rings. The van der Waals surface area contributed by atoms with E-state index >= 15 is 0 Å². The zero-order chi connectivity index (χ0) is 14.1. The number of carbonyl (C=O) groups excluding carboxylic acids is 1. The third kappa shape index (κ3) is 2.42. The summed E-state index contributed by atoms with van der Waals surface area (Å²) in [7, 11) is 0. The van der Waals surface area contributed by atoms with E-state index in [4.69, 9.17) is 16.3 Å². The van der Waals surface area contributed by atoms with Gasteiger partial charge in [0.25, 0.3) is 5.91 Å². The number of amides is 1. The molecule has 0 bridgehead atoms. The third-order valence-corrected chi connectivity index (χ3v) is 3.52. The second-order valence-electron chi connectivity index (χ2n) is 4.57. The van der Waals surface area contributed by atoms with Crippen LogP contribution >= 0.6 is 11.6 Å². The highest BCUT2D eigenvalue weighted by Gasteiger charge is 2.28. The number of carbonyl (C=O) groups is 1. The molecular formula is C15H12ClNO3. The Labute approximate surface area is 120 Å². The molecule has 0 spiro atoms. The molecule has 0 aromatic heterocycles. The first-order valence-electron chi connectivity index (χ1n) is 6.17. The van der Waals surface area contributed by atoms with Crippen LogP contribution in [0.3, 0.4) is 0 Å². The first-order chi connectivity index (χ1) is 9.63. The highest BCUT2D eigenvalue weighted by molar-refractivity contribution is 6.31. The monoisotopic (exact) mass is 289 g/mol. The maximum Gasteiger partial charge on any atom is 0.265 e. The zero-order valence-corrected chi connectivity index (χ0v) is 11.2. The van der Waals surface area contributed by atoms with Crippen LogP contribution in [0.25, 0.3) is 0 Å². The fraction of sp³-hybridized carbons (Fsp3) is 0.133. The summed E-state index contributed by atoms with van der Waals surface area (Å²) < 4.78 is 5.65. The molecule has 3 rings (SSSR count). The lowest BCUT2D eigenvalue weighted by atomic mass is 10.1. The van der Waals surface area contributed by atoms with Gasteiger partial charge in [-0.1, -0.05) is 29.8 Å². The van der Waals surface area contributed by atoms with E-state index in [-0.39, 0.29) is 11.7 Å². The number of rotatable bonds is 2. The number of hydrogen-bond acceptors (Lipinski definition) is 3. The van der Waals surface area contributed by atoms with Crippen LogP contribution in [0.1, 0.15) is 5.56 Å². The van der Waals surface area contributed by atoms with Crippen LogP contribution < -0.4 is 10.1 Å². The summed E-state index contributed by atoms with van der Waals surface area (Å²) >= 11 is 6.09. The van der Waals surface area contributed by atoms with Crippen molar-refractivity contribution in [3.63, 3.8) is 0 Å². The molecule has 1 aliphatic heterocycles. The van der Waals surface area contributed by atoms with Crippen molar-refractivity contribution in [2.45, 2.75) is 12.5 Å². The smallest absolute Gasteiger partial charge is 0.265 e.